The third-order valence-electron chi connectivity index (χ3n) is 3.20. The van der Waals surface area contributed by atoms with Crippen molar-refractivity contribution in [3.63, 3.8) is 0 Å². The summed E-state index contributed by atoms with van der Waals surface area (Å²) in [7, 11) is 0. The monoisotopic (exact) mass is 290 g/mol. The maximum absolute atomic E-state index is 11.0. The number of hydrogen-bond acceptors (Lipinski definition) is 4. The molecule has 4 nitrogen and oxygen atoms in total. The third kappa shape index (κ3) is 3.36. The summed E-state index contributed by atoms with van der Waals surface area (Å²) in [6.07, 6.45) is 1.71. The minimum absolute atomic E-state index is 0.193. The van der Waals surface area contributed by atoms with Gasteiger partial charge in [0, 0.05) is 33.6 Å². The zero-order chi connectivity index (χ0) is 14.5. The van der Waals surface area contributed by atoms with E-state index in [1.807, 2.05) is 19.1 Å². The lowest BCUT2D eigenvalue weighted by atomic mass is 10.1. The second-order valence-corrected chi connectivity index (χ2v) is 5.78. The summed E-state index contributed by atoms with van der Waals surface area (Å²) in [5, 5.41) is 14.3. The van der Waals surface area contributed by atoms with Crippen LogP contribution in [0.15, 0.2) is 30.3 Å². The molecule has 0 atom stereocenters. The highest BCUT2D eigenvalue weighted by Crippen LogP contribution is 2.25. The van der Waals surface area contributed by atoms with Gasteiger partial charge in [-0.15, -0.1) is 11.3 Å². The number of nitrogens with one attached hydrogen (secondary N) is 1. The maximum Gasteiger partial charge on any atom is 0.274 e. The Morgan fingerprint density at radius 3 is 2.50 bits per heavy atom. The van der Waals surface area contributed by atoms with E-state index in [4.69, 9.17) is 0 Å². The van der Waals surface area contributed by atoms with Crippen LogP contribution in [-0.4, -0.2) is 4.92 Å². The van der Waals surface area contributed by atoms with Gasteiger partial charge in [0.15, 0.2) is 0 Å². The van der Waals surface area contributed by atoms with E-state index in [0.717, 1.165) is 17.7 Å². The molecular weight excluding hydrogens is 272 g/mol. The highest BCUT2D eigenvalue weighted by molar-refractivity contribution is 7.12. The van der Waals surface area contributed by atoms with Crippen LogP contribution in [0, 0.1) is 10.1 Å². The number of benzene rings is 1. The molecule has 1 heterocycles. The molecule has 0 aliphatic heterocycles. The van der Waals surface area contributed by atoms with Gasteiger partial charge in [0.1, 0.15) is 0 Å². The van der Waals surface area contributed by atoms with Crippen molar-refractivity contribution in [2.24, 2.45) is 0 Å². The smallest absolute Gasteiger partial charge is 0.274 e. The SMILES string of the molecule is CCc1ccc(CNc2ccc(CC)c([N+](=O)[O-])c2)s1. The van der Waals surface area contributed by atoms with Gasteiger partial charge in [-0.2, -0.15) is 0 Å². The van der Waals surface area contributed by atoms with E-state index in [2.05, 4.69) is 24.4 Å². The van der Waals surface area contributed by atoms with Crippen LogP contribution in [-0.2, 0) is 19.4 Å². The Labute approximate surface area is 122 Å². The highest BCUT2D eigenvalue weighted by atomic mass is 32.1. The van der Waals surface area contributed by atoms with E-state index in [1.54, 1.807) is 17.4 Å². The fourth-order valence-electron chi connectivity index (χ4n) is 2.04. The number of nitrogens with zero attached hydrogens (tertiary/aromatic N) is 1. The molecule has 1 aromatic carbocycles. The Bertz CT molecular complexity index is 608. The van der Waals surface area contributed by atoms with Crippen molar-refractivity contribution in [1.29, 1.82) is 0 Å². The van der Waals surface area contributed by atoms with Gasteiger partial charge in [0.2, 0.25) is 0 Å². The lowest BCUT2D eigenvalue weighted by Crippen LogP contribution is -2.00. The first-order chi connectivity index (χ1) is 9.63. The number of aryl methyl sites for hydroxylation is 2. The van der Waals surface area contributed by atoms with Gasteiger partial charge < -0.3 is 5.32 Å². The molecule has 5 heteroatoms. The fourth-order valence-corrected chi connectivity index (χ4v) is 2.94. The first-order valence-corrected chi connectivity index (χ1v) is 7.54. The molecule has 0 aliphatic carbocycles. The van der Waals surface area contributed by atoms with Crippen LogP contribution in [0.2, 0.25) is 0 Å². The first kappa shape index (κ1) is 14.5. The predicted octanol–water partition coefficient (Wildman–Crippen LogP) is 4.39. The normalized spacial score (nSPS) is 10.5. The molecule has 0 fully saturated rings. The van der Waals surface area contributed by atoms with Crippen molar-refractivity contribution in [3.8, 4) is 0 Å². The van der Waals surface area contributed by atoms with Gasteiger partial charge >= 0.3 is 0 Å². The van der Waals surface area contributed by atoms with E-state index < -0.39 is 0 Å². The molecule has 20 heavy (non-hydrogen) atoms. The van der Waals surface area contributed by atoms with Crippen LogP contribution in [0.25, 0.3) is 0 Å². The Hall–Kier alpha value is -1.88. The van der Waals surface area contributed by atoms with Crippen LogP contribution >= 0.6 is 11.3 Å². The summed E-state index contributed by atoms with van der Waals surface area (Å²) in [5.41, 5.74) is 1.75. The first-order valence-electron chi connectivity index (χ1n) is 6.72. The van der Waals surface area contributed by atoms with Crippen molar-refractivity contribution in [2.45, 2.75) is 33.2 Å². The molecule has 0 aliphatic rings. The number of nitro groups is 1. The number of nitro benzene ring substituents is 1. The van der Waals surface area contributed by atoms with Gasteiger partial charge in [0.05, 0.1) is 4.92 Å². The Balaban J connectivity index is 2.09. The second-order valence-electron chi connectivity index (χ2n) is 4.53. The maximum atomic E-state index is 11.0. The molecule has 1 aromatic heterocycles. The van der Waals surface area contributed by atoms with E-state index in [1.165, 1.54) is 9.75 Å². The van der Waals surface area contributed by atoms with Crippen molar-refractivity contribution < 1.29 is 4.92 Å². The van der Waals surface area contributed by atoms with Gasteiger partial charge in [-0.25, -0.2) is 0 Å². The van der Waals surface area contributed by atoms with Crippen molar-refractivity contribution in [2.75, 3.05) is 5.32 Å². The second kappa shape index (κ2) is 6.52. The lowest BCUT2D eigenvalue weighted by molar-refractivity contribution is -0.385. The van der Waals surface area contributed by atoms with Crippen LogP contribution < -0.4 is 5.32 Å². The van der Waals surface area contributed by atoms with Crippen molar-refractivity contribution >= 4 is 22.7 Å². The standard InChI is InChI=1S/C15H18N2O2S/c1-3-11-5-6-12(9-15(11)17(18)19)16-10-14-8-7-13(4-2)20-14/h5-9,16H,3-4,10H2,1-2H3. The van der Waals surface area contributed by atoms with E-state index >= 15 is 0 Å². The zero-order valence-corrected chi connectivity index (χ0v) is 12.5. The van der Waals surface area contributed by atoms with Gasteiger partial charge in [-0.05, 0) is 31.0 Å². The molecule has 0 bridgehead atoms. The topological polar surface area (TPSA) is 55.2 Å². The van der Waals surface area contributed by atoms with Crippen LogP contribution in [0.4, 0.5) is 11.4 Å². The minimum Gasteiger partial charge on any atom is -0.380 e. The van der Waals surface area contributed by atoms with Gasteiger partial charge in [-0.1, -0.05) is 19.9 Å². The minimum atomic E-state index is -0.315. The van der Waals surface area contributed by atoms with Crippen molar-refractivity contribution in [3.05, 3.63) is 55.8 Å². The molecule has 0 unspecified atom stereocenters. The number of thiophene rings is 1. The molecule has 2 aromatic rings. The summed E-state index contributed by atoms with van der Waals surface area (Å²) in [4.78, 5) is 13.3. The molecule has 0 spiro atoms. The fraction of sp³-hybridized carbons (Fsp3) is 0.333. The van der Waals surface area contributed by atoms with E-state index in [-0.39, 0.29) is 10.6 Å². The largest absolute Gasteiger partial charge is 0.380 e. The quantitative estimate of drug-likeness (QED) is 0.634. The summed E-state index contributed by atoms with van der Waals surface area (Å²) in [6, 6.07) is 9.58. The Kier molecular flexibility index (Phi) is 4.74. The molecule has 1 N–H and O–H groups in total. The summed E-state index contributed by atoms with van der Waals surface area (Å²) in [5.74, 6) is 0. The average molecular weight is 290 g/mol. The number of rotatable bonds is 6. The summed E-state index contributed by atoms with van der Waals surface area (Å²) >= 11 is 1.77. The zero-order valence-electron chi connectivity index (χ0n) is 11.7. The van der Waals surface area contributed by atoms with Gasteiger partial charge in [-0.3, -0.25) is 10.1 Å². The average Bonchev–Trinajstić information content (AvgIpc) is 2.92. The highest BCUT2D eigenvalue weighted by Gasteiger charge is 2.12. The number of anilines is 1. The van der Waals surface area contributed by atoms with Crippen LogP contribution in [0.3, 0.4) is 0 Å². The summed E-state index contributed by atoms with van der Waals surface area (Å²) < 4.78 is 0. The van der Waals surface area contributed by atoms with Crippen molar-refractivity contribution in [1.82, 2.24) is 0 Å². The Morgan fingerprint density at radius 2 is 1.90 bits per heavy atom. The summed E-state index contributed by atoms with van der Waals surface area (Å²) in [6.45, 7) is 4.76. The predicted molar refractivity (Wildman–Crippen MR) is 83.5 cm³/mol. The molecule has 106 valence electrons. The van der Waals surface area contributed by atoms with Crippen LogP contribution in [0.1, 0.15) is 29.2 Å². The molecule has 2 rings (SSSR count). The molecule has 0 saturated carbocycles. The molecule has 0 radical (unpaired) electrons. The molecule has 0 saturated heterocycles. The third-order valence-corrected chi connectivity index (χ3v) is 4.42. The Morgan fingerprint density at radius 1 is 1.15 bits per heavy atom. The number of hydrogen-bond donors (Lipinski definition) is 1. The van der Waals surface area contributed by atoms with Gasteiger partial charge in [0.25, 0.3) is 5.69 Å². The molecular formula is C15H18N2O2S. The van der Waals surface area contributed by atoms with Crippen LogP contribution in [0.5, 0.6) is 0 Å². The van der Waals surface area contributed by atoms with E-state index in [0.29, 0.717) is 13.0 Å². The molecule has 0 amide bonds. The van der Waals surface area contributed by atoms with E-state index in [9.17, 15) is 10.1 Å². The lowest BCUT2D eigenvalue weighted by Gasteiger charge is -2.06.